The van der Waals surface area contributed by atoms with Crippen molar-refractivity contribution in [3.8, 4) is 0 Å². The van der Waals surface area contributed by atoms with Crippen molar-refractivity contribution in [2.24, 2.45) is 0 Å². The van der Waals surface area contributed by atoms with Crippen molar-refractivity contribution in [1.82, 2.24) is 0 Å². The maximum absolute atomic E-state index is 5.86. The van der Waals surface area contributed by atoms with Crippen molar-refractivity contribution in [3.63, 3.8) is 0 Å². The van der Waals surface area contributed by atoms with Crippen LogP contribution in [-0.2, 0) is 4.74 Å². The molecule has 0 saturated carbocycles. The van der Waals surface area contributed by atoms with Crippen molar-refractivity contribution in [2.45, 2.75) is 0 Å². The molecule has 0 saturated heterocycles. The topological polar surface area (TPSA) is 9.23 Å². The normalized spacial score (nSPS) is 9.27. The molecule has 0 aliphatic carbocycles. The molecule has 0 radical (unpaired) electrons. The largest absolute Gasteiger partial charge is 0.497 e. The first-order valence-corrected chi connectivity index (χ1v) is 3.61. The van der Waals surface area contributed by atoms with Gasteiger partial charge in [0.05, 0.1) is 12.1 Å². The Morgan fingerprint density at radius 1 is 1.45 bits per heavy atom. The summed E-state index contributed by atoms with van der Waals surface area (Å²) in [4.78, 5) is 0. The summed E-state index contributed by atoms with van der Waals surface area (Å²) < 4.78 is 4.94. The summed E-state index contributed by atoms with van der Waals surface area (Å²) in [5.74, 6) is 0.593. The molecule has 0 heterocycles. The summed E-state index contributed by atoms with van der Waals surface area (Å²) in [5, 5.41) is 0.666. The van der Waals surface area contributed by atoms with Crippen molar-refractivity contribution >= 4 is 17.4 Å². The van der Waals surface area contributed by atoms with Crippen molar-refractivity contribution in [3.05, 3.63) is 41.4 Å². The van der Waals surface area contributed by atoms with Crippen LogP contribution in [0.3, 0.4) is 0 Å². The van der Waals surface area contributed by atoms with E-state index in [4.69, 9.17) is 16.3 Å². The minimum absolute atomic E-state index is 0.593. The fourth-order valence-electron chi connectivity index (χ4n) is 0.797. The van der Waals surface area contributed by atoms with Crippen LogP contribution < -0.4 is 0 Å². The Morgan fingerprint density at radius 2 is 2.09 bits per heavy atom. The molecule has 0 bridgehead atoms. The number of halogens is 1. The monoisotopic (exact) mass is 168 g/mol. The highest BCUT2D eigenvalue weighted by Gasteiger charge is 2.01. The summed E-state index contributed by atoms with van der Waals surface area (Å²) in [5.41, 5.74) is 0.844. The van der Waals surface area contributed by atoms with Crippen LogP contribution in [0.25, 0.3) is 5.76 Å². The number of ether oxygens (including phenoxy) is 1. The van der Waals surface area contributed by atoms with Gasteiger partial charge < -0.3 is 4.74 Å². The van der Waals surface area contributed by atoms with Crippen molar-refractivity contribution in [1.29, 1.82) is 0 Å². The molecule has 1 nitrogen and oxygen atoms in total. The lowest BCUT2D eigenvalue weighted by Gasteiger charge is -2.04. The molecule has 2 heteroatoms. The van der Waals surface area contributed by atoms with Gasteiger partial charge in [0.15, 0.2) is 0 Å². The van der Waals surface area contributed by atoms with E-state index in [0.29, 0.717) is 10.8 Å². The molecule has 0 amide bonds. The quantitative estimate of drug-likeness (QED) is 0.617. The predicted molar refractivity (Wildman–Crippen MR) is 47.5 cm³/mol. The van der Waals surface area contributed by atoms with Gasteiger partial charge in [-0.15, -0.1) is 0 Å². The van der Waals surface area contributed by atoms with Crippen LogP contribution in [0.2, 0.25) is 5.02 Å². The van der Waals surface area contributed by atoms with Crippen LogP contribution in [0.1, 0.15) is 5.56 Å². The molecule has 1 aromatic rings. The molecule has 0 unspecified atom stereocenters. The Morgan fingerprint density at radius 3 is 2.64 bits per heavy atom. The Balaban J connectivity index is 3.03. The van der Waals surface area contributed by atoms with Gasteiger partial charge in [-0.05, 0) is 12.1 Å². The van der Waals surface area contributed by atoms with Gasteiger partial charge >= 0.3 is 0 Å². The van der Waals surface area contributed by atoms with E-state index in [0.717, 1.165) is 5.56 Å². The molecule has 0 fully saturated rings. The SMILES string of the molecule is C=C(OC)c1ccccc1Cl. The van der Waals surface area contributed by atoms with E-state index >= 15 is 0 Å². The predicted octanol–water partition coefficient (Wildman–Crippen LogP) is 2.96. The second kappa shape index (κ2) is 3.44. The van der Waals surface area contributed by atoms with Crippen LogP contribution in [0.15, 0.2) is 30.8 Å². The standard InChI is InChI=1S/C9H9ClO/c1-7(11-2)8-5-3-4-6-9(8)10/h3-6H,1H2,2H3. The average molecular weight is 169 g/mol. The maximum atomic E-state index is 5.86. The number of methoxy groups -OCH3 is 1. The Bertz CT molecular complexity index is 268. The fraction of sp³-hybridized carbons (Fsp3) is 0.111. The van der Waals surface area contributed by atoms with E-state index in [1.807, 2.05) is 18.2 Å². The molecule has 58 valence electrons. The van der Waals surface area contributed by atoms with Gasteiger partial charge in [-0.3, -0.25) is 0 Å². The first-order chi connectivity index (χ1) is 5.25. The molecule has 0 aliphatic heterocycles. The maximum Gasteiger partial charge on any atom is 0.120 e. The first-order valence-electron chi connectivity index (χ1n) is 3.23. The van der Waals surface area contributed by atoms with E-state index in [9.17, 15) is 0 Å². The molecule has 11 heavy (non-hydrogen) atoms. The lowest BCUT2D eigenvalue weighted by molar-refractivity contribution is 0.371. The first kappa shape index (κ1) is 8.15. The molecule has 0 N–H and O–H groups in total. The summed E-state index contributed by atoms with van der Waals surface area (Å²) >= 11 is 5.86. The van der Waals surface area contributed by atoms with Crippen LogP contribution in [-0.4, -0.2) is 7.11 Å². The van der Waals surface area contributed by atoms with Crippen LogP contribution in [0.4, 0.5) is 0 Å². The molecule has 1 rings (SSSR count). The van der Waals surface area contributed by atoms with Gasteiger partial charge in [0.2, 0.25) is 0 Å². The lowest BCUT2D eigenvalue weighted by Crippen LogP contribution is -1.85. The van der Waals surface area contributed by atoms with Crippen LogP contribution in [0, 0.1) is 0 Å². The summed E-state index contributed by atoms with van der Waals surface area (Å²) in [7, 11) is 1.58. The third-order valence-corrected chi connectivity index (χ3v) is 1.75. The molecular weight excluding hydrogens is 160 g/mol. The van der Waals surface area contributed by atoms with E-state index in [1.165, 1.54) is 0 Å². The highest BCUT2D eigenvalue weighted by Crippen LogP contribution is 2.21. The van der Waals surface area contributed by atoms with Crippen LogP contribution >= 0.6 is 11.6 Å². The zero-order valence-corrected chi connectivity index (χ0v) is 7.06. The Labute approximate surface area is 71.3 Å². The molecular formula is C9H9ClO. The molecule has 0 atom stereocenters. The summed E-state index contributed by atoms with van der Waals surface area (Å²) in [6.07, 6.45) is 0. The van der Waals surface area contributed by atoms with Gasteiger partial charge in [-0.25, -0.2) is 0 Å². The molecule has 0 aliphatic rings. The number of hydrogen-bond donors (Lipinski definition) is 0. The third-order valence-electron chi connectivity index (χ3n) is 1.42. The Hall–Kier alpha value is -0.950. The highest BCUT2D eigenvalue weighted by molar-refractivity contribution is 6.32. The molecule has 0 aromatic heterocycles. The fourth-order valence-corrected chi connectivity index (χ4v) is 1.04. The highest BCUT2D eigenvalue weighted by atomic mass is 35.5. The minimum Gasteiger partial charge on any atom is -0.497 e. The zero-order chi connectivity index (χ0) is 8.27. The summed E-state index contributed by atoms with van der Waals surface area (Å²) in [6.45, 7) is 3.70. The second-order valence-corrected chi connectivity index (χ2v) is 2.51. The summed E-state index contributed by atoms with van der Waals surface area (Å²) in [6, 6.07) is 7.44. The van der Waals surface area contributed by atoms with Crippen molar-refractivity contribution < 1.29 is 4.74 Å². The molecule has 0 spiro atoms. The van der Waals surface area contributed by atoms with Gasteiger partial charge in [0.25, 0.3) is 0 Å². The second-order valence-electron chi connectivity index (χ2n) is 2.11. The van der Waals surface area contributed by atoms with Crippen molar-refractivity contribution in [2.75, 3.05) is 7.11 Å². The number of rotatable bonds is 2. The van der Waals surface area contributed by atoms with Gasteiger partial charge in [0.1, 0.15) is 5.76 Å². The smallest absolute Gasteiger partial charge is 0.120 e. The lowest BCUT2D eigenvalue weighted by atomic mass is 10.2. The number of hydrogen-bond acceptors (Lipinski definition) is 1. The van der Waals surface area contributed by atoms with E-state index < -0.39 is 0 Å². The van der Waals surface area contributed by atoms with E-state index in [-0.39, 0.29) is 0 Å². The third kappa shape index (κ3) is 1.75. The van der Waals surface area contributed by atoms with Crippen LogP contribution in [0.5, 0.6) is 0 Å². The Kier molecular flexibility index (Phi) is 2.55. The minimum atomic E-state index is 0.593. The van der Waals surface area contributed by atoms with Gasteiger partial charge in [0, 0.05) is 5.56 Å². The molecule has 1 aromatic carbocycles. The van der Waals surface area contributed by atoms with E-state index in [1.54, 1.807) is 13.2 Å². The average Bonchev–Trinajstić information content (AvgIpc) is 2.04. The number of benzene rings is 1. The van der Waals surface area contributed by atoms with E-state index in [2.05, 4.69) is 6.58 Å². The van der Waals surface area contributed by atoms with Gasteiger partial charge in [-0.1, -0.05) is 30.3 Å². The van der Waals surface area contributed by atoms with Gasteiger partial charge in [-0.2, -0.15) is 0 Å². The zero-order valence-electron chi connectivity index (χ0n) is 6.30.